The average Bonchev–Trinajstić information content (AvgIpc) is 2.47. The van der Waals surface area contributed by atoms with Crippen LogP contribution in [0.2, 0.25) is 0 Å². The van der Waals surface area contributed by atoms with Crippen molar-refractivity contribution in [2.75, 3.05) is 12.4 Å². The van der Waals surface area contributed by atoms with Gasteiger partial charge in [0.2, 0.25) is 0 Å². The van der Waals surface area contributed by atoms with Crippen LogP contribution in [-0.2, 0) is 6.42 Å². The molecule has 1 aromatic carbocycles. The molecule has 20 heavy (non-hydrogen) atoms. The van der Waals surface area contributed by atoms with E-state index in [0.29, 0.717) is 11.5 Å². The monoisotopic (exact) mass is 271 g/mol. The molecule has 1 aromatic heterocycles. The second-order valence-corrected chi connectivity index (χ2v) is 4.52. The normalized spacial score (nSPS) is 10.3. The fourth-order valence-electron chi connectivity index (χ4n) is 2.11. The average molecular weight is 271 g/mol. The van der Waals surface area contributed by atoms with E-state index < -0.39 is 4.92 Å². The van der Waals surface area contributed by atoms with Gasteiger partial charge in [0.15, 0.2) is 5.69 Å². The Morgan fingerprint density at radius 1 is 1.30 bits per heavy atom. The summed E-state index contributed by atoms with van der Waals surface area (Å²) in [5, 5.41) is 14.1. The van der Waals surface area contributed by atoms with E-state index >= 15 is 0 Å². The molecule has 0 fully saturated rings. The van der Waals surface area contributed by atoms with Crippen molar-refractivity contribution in [3.8, 4) is 11.3 Å². The summed E-state index contributed by atoms with van der Waals surface area (Å²) in [6.45, 7) is 2.11. The van der Waals surface area contributed by atoms with Crippen molar-refractivity contribution in [2.24, 2.45) is 0 Å². The number of hydrogen-bond acceptors (Lipinski definition) is 4. The summed E-state index contributed by atoms with van der Waals surface area (Å²) in [7, 11) is 1.74. The first kappa shape index (κ1) is 14.0. The van der Waals surface area contributed by atoms with Crippen LogP contribution in [0.15, 0.2) is 36.4 Å². The fraction of sp³-hybridized carbons (Fsp3) is 0.267. The van der Waals surface area contributed by atoms with Crippen LogP contribution < -0.4 is 5.32 Å². The molecular formula is C15H17N3O2. The number of nitrogens with zero attached hydrogens (tertiary/aromatic N) is 2. The zero-order chi connectivity index (χ0) is 14.5. The van der Waals surface area contributed by atoms with Gasteiger partial charge in [-0.2, -0.15) is 0 Å². The molecule has 0 aliphatic rings. The van der Waals surface area contributed by atoms with Crippen LogP contribution in [0.4, 0.5) is 11.5 Å². The minimum atomic E-state index is -0.395. The van der Waals surface area contributed by atoms with Crippen LogP contribution in [0, 0.1) is 10.1 Å². The maximum absolute atomic E-state index is 11.2. The standard InChI is InChI=1S/C15H17N3O2/c1-3-5-11-6-4-7-12(10-11)15-13(18(19)20)8-9-14(16-2)17-15/h4,6-10H,3,5H2,1-2H3,(H,16,17). The van der Waals surface area contributed by atoms with Crippen molar-refractivity contribution < 1.29 is 4.92 Å². The van der Waals surface area contributed by atoms with Gasteiger partial charge >= 0.3 is 0 Å². The Hall–Kier alpha value is -2.43. The molecular weight excluding hydrogens is 254 g/mol. The first-order valence-corrected chi connectivity index (χ1v) is 6.58. The van der Waals surface area contributed by atoms with Crippen LogP contribution in [0.1, 0.15) is 18.9 Å². The number of nitro groups is 1. The van der Waals surface area contributed by atoms with E-state index in [2.05, 4.69) is 17.2 Å². The molecule has 104 valence electrons. The first-order valence-electron chi connectivity index (χ1n) is 6.58. The van der Waals surface area contributed by atoms with Gasteiger partial charge in [-0.05, 0) is 24.1 Å². The molecule has 0 spiro atoms. The summed E-state index contributed by atoms with van der Waals surface area (Å²) in [6, 6.07) is 10.9. The molecule has 0 bridgehead atoms. The molecule has 5 heteroatoms. The van der Waals surface area contributed by atoms with E-state index in [1.165, 1.54) is 6.07 Å². The van der Waals surface area contributed by atoms with E-state index in [0.717, 1.165) is 24.0 Å². The van der Waals surface area contributed by atoms with E-state index in [1.807, 2.05) is 24.3 Å². The molecule has 1 N–H and O–H groups in total. The Morgan fingerprint density at radius 2 is 2.10 bits per heavy atom. The van der Waals surface area contributed by atoms with Crippen LogP contribution in [0.5, 0.6) is 0 Å². The molecule has 0 saturated carbocycles. The Kier molecular flexibility index (Phi) is 4.30. The maximum Gasteiger partial charge on any atom is 0.295 e. The molecule has 0 unspecified atom stereocenters. The minimum absolute atomic E-state index is 0.0256. The lowest BCUT2D eigenvalue weighted by Crippen LogP contribution is -1.99. The highest BCUT2D eigenvalue weighted by atomic mass is 16.6. The second kappa shape index (κ2) is 6.14. The van der Waals surface area contributed by atoms with Gasteiger partial charge in [-0.25, -0.2) is 4.98 Å². The third kappa shape index (κ3) is 2.93. The summed E-state index contributed by atoms with van der Waals surface area (Å²) >= 11 is 0. The van der Waals surface area contributed by atoms with Crippen molar-refractivity contribution in [2.45, 2.75) is 19.8 Å². The van der Waals surface area contributed by atoms with Crippen molar-refractivity contribution in [1.29, 1.82) is 0 Å². The topological polar surface area (TPSA) is 68.1 Å². The Morgan fingerprint density at radius 3 is 2.75 bits per heavy atom. The van der Waals surface area contributed by atoms with Crippen LogP contribution in [0.25, 0.3) is 11.3 Å². The number of hydrogen-bond donors (Lipinski definition) is 1. The molecule has 2 rings (SSSR count). The van der Waals surface area contributed by atoms with E-state index in [9.17, 15) is 10.1 Å². The molecule has 0 radical (unpaired) electrons. The Balaban J connectivity index is 2.54. The molecule has 0 aliphatic carbocycles. The highest BCUT2D eigenvalue weighted by molar-refractivity contribution is 5.71. The Bertz CT molecular complexity index is 626. The Labute approximate surface area is 117 Å². The van der Waals surface area contributed by atoms with Gasteiger partial charge in [-0.15, -0.1) is 0 Å². The predicted octanol–water partition coefficient (Wildman–Crippen LogP) is 3.65. The number of pyridine rings is 1. The van der Waals surface area contributed by atoms with E-state index in [-0.39, 0.29) is 5.69 Å². The summed E-state index contributed by atoms with van der Waals surface area (Å²) in [4.78, 5) is 15.1. The lowest BCUT2D eigenvalue weighted by Gasteiger charge is -2.07. The van der Waals surface area contributed by atoms with Crippen molar-refractivity contribution in [3.05, 3.63) is 52.1 Å². The summed E-state index contributed by atoms with van der Waals surface area (Å²) < 4.78 is 0. The van der Waals surface area contributed by atoms with Gasteiger partial charge in [0.05, 0.1) is 4.92 Å². The molecule has 2 aromatic rings. The second-order valence-electron chi connectivity index (χ2n) is 4.52. The van der Waals surface area contributed by atoms with E-state index in [1.54, 1.807) is 13.1 Å². The third-order valence-electron chi connectivity index (χ3n) is 3.07. The molecule has 5 nitrogen and oxygen atoms in total. The number of nitrogens with one attached hydrogen (secondary N) is 1. The first-order chi connectivity index (χ1) is 9.65. The van der Waals surface area contributed by atoms with Crippen molar-refractivity contribution in [1.82, 2.24) is 4.98 Å². The SMILES string of the molecule is CCCc1cccc(-c2nc(NC)ccc2[N+](=O)[O-])c1. The van der Waals surface area contributed by atoms with Gasteiger partial charge in [-0.3, -0.25) is 10.1 Å². The maximum atomic E-state index is 11.2. The molecule has 0 atom stereocenters. The third-order valence-corrected chi connectivity index (χ3v) is 3.07. The molecule has 1 heterocycles. The van der Waals surface area contributed by atoms with Gasteiger partial charge in [0.25, 0.3) is 5.69 Å². The lowest BCUT2D eigenvalue weighted by atomic mass is 10.0. The predicted molar refractivity (Wildman–Crippen MR) is 79.9 cm³/mol. The summed E-state index contributed by atoms with van der Waals surface area (Å²) in [5.74, 6) is 0.617. The number of aromatic nitrogens is 1. The van der Waals surface area contributed by atoms with Crippen LogP contribution >= 0.6 is 0 Å². The van der Waals surface area contributed by atoms with E-state index in [4.69, 9.17) is 0 Å². The quantitative estimate of drug-likeness (QED) is 0.665. The van der Waals surface area contributed by atoms with Crippen LogP contribution in [0.3, 0.4) is 0 Å². The van der Waals surface area contributed by atoms with Crippen molar-refractivity contribution in [3.63, 3.8) is 0 Å². The lowest BCUT2D eigenvalue weighted by molar-refractivity contribution is -0.384. The molecule has 0 aliphatic heterocycles. The number of anilines is 1. The van der Waals surface area contributed by atoms with Crippen molar-refractivity contribution >= 4 is 11.5 Å². The smallest absolute Gasteiger partial charge is 0.295 e. The van der Waals surface area contributed by atoms with Gasteiger partial charge in [0, 0.05) is 18.7 Å². The number of rotatable bonds is 5. The molecule has 0 saturated heterocycles. The van der Waals surface area contributed by atoms with Gasteiger partial charge in [0.1, 0.15) is 5.82 Å². The highest BCUT2D eigenvalue weighted by Crippen LogP contribution is 2.30. The number of aryl methyl sites for hydroxylation is 1. The van der Waals surface area contributed by atoms with Gasteiger partial charge in [-0.1, -0.05) is 31.5 Å². The zero-order valence-electron chi connectivity index (χ0n) is 11.6. The minimum Gasteiger partial charge on any atom is -0.373 e. The largest absolute Gasteiger partial charge is 0.373 e. The zero-order valence-corrected chi connectivity index (χ0v) is 11.6. The van der Waals surface area contributed by atoms with Crippen LogP contribution in [-0.4, -0.2) is 17.0 Å². The summed E-state index contributed by atoms with van der Waals surface area (Å²) in [6.07, 6.45) is 1.99. The summed E-state index contributed by atoms with van der Waals surface area (Å²) in [5.41, 5.74) is 2.37. The van der Waals surface area contributed by atoms with Gasteiger partial charge < -0.3 is 5.32 Å². The molecule has 0 amide bonds. The fourth-order valence-corrected chi connectivity index (χ4v) is 2.11. The highest BCUT2D eigenvalue weighted by Gasteiger charge is 2.17. The number of benzene rings is 1.